The molecule has 0 fully saturated rings. The van der Waals surface area contributed by atoms with Gasteiger partial charge in [-0.15, -0.1) is 0 Å². The Balaban J connectivity index is 3.20. The Morgan fingerprint density at radius 2 is 2.40 bits per heavy atom. The first-order valence-corrected chi connectivity index (χ1v) is 5.01. The Kier molecular flexibility index (Phi) is 7.08. The average Bonchev–Trinajstić information content (AvgIpc) is 1.87. The molecule has 1 atom stereocenters. The van der Waals surface area contributed by atoms with Crippen LogP contribution in [0, 0.1) is 11.8 Å². The molecule has 0 spiro atoms. The molecule has 0 aromatic heterocycles. The summed E-state index contributed by atoms with van der Waals surface area (Å²) in [5, 5.41) is 0. The molecule has 0 aliphatic rings. The van der Waals surface area contributed by atoms with Crippen molar-refractivity contribution >= 4 is 23.0 Å². The molecule has 5 heteroatoms. The van der Waals surface area contributed by atoms with Gasteiger partial charge in [-0.2, -0.15) is 11.8 Å². The van der Waals surface area contributed by atoms with Crippen molar-refractivity contribution < 1.29 is 8.76 Å². The highest BCUT2D eigenvalue weighted by molar-refractivity contribution is 7.98. The first-order chi connectivity index (χ1) is 4.77. The zero-order valence-electron chi connectivity index (χ0n) is 5.55. The van der Waals surface area contributed by atoms with Gasteiger partial charge in [-0.05, 0) is 6.26 Å². The molecule has 10 heavy (non-hydrogen) atoms. The number of hydrogen-bond donors (Lipinski definition) is 1. The van der Waals surface area contributed by atoms with E-state index in [1.54, 1.807) is 11.8 Å². The van der Waals surface area contributed by atoms with Crippen LogP contribution in [0.25, 0.3) is 0 Å². The van der Waals surface area contributed by atoms with E-state index in [9.17, 15) is 8.76 Å². The third-order valence-corrected chi connectivity index (χ3v) is 1.43. The van der Waals surface area contributed by atoms with Crippen LogP contribution < -0.4 is 4.72 Å². The van der Waals surface area contributed by atoms with Gasteiger partial charge in [-0.1, -0.05) is 11.8 Å². The summed E-state index contributed by atoms with van der Waals surface area (Å²) in [4.78, 5) is 0. The van der Waals surface area contributed by atoms with Crippen molar-refractivity contribution in [3.63, 3.8) is 0 Å². The molecule has 0 bridgehead atoms. The highest BCUT2D eigenvalue weighted by Crippen LogP contribution is 1.85. The molecule has 0 aliphatic carbocycles. The van der Waals surface area contributed by atoms with Gasteiger partial charge >= 0.3 is 0 Å². The molecule has 0 saturated heterocycles. The lowest BCUT2D eigenvalue weighted by Crippen LogP contribution is -2.16. The predicted octanol–water partition coefficient (Wildman–Crippen LogP) is -0.263. The molecule has 0 amide bonds. The van der Waals surface area contributed by atoms with Gasteiger partial charge in [0, 0.05) is 11.3 Å². The van der Waals surface area contributed by atoms with Crippen molar-refractivity contribution in [3.8, 4) is 11.8 Å². The fourth-order valence-electron chi connectivity index (χ4n) is 0.281. The van der Waals surface area contributed by atoms with Gasteiger partial charge in [-0.25, -0.2) is 4.72 Å². The van der Waals surface area contributed by atoms with Gasteiger partial charge in [0.15, 0.2) is 0 Å². The standard InChI is InChI=1S/C5H9NO2S2/c1-9-5-3-2-4-6-10(7)8/h6H,4-5H2,1H3,(H,7,8)/p-1. The summed E-state index contributed by atoms with van der Waals surface area (Å²) in [6, 6.07) is 0. The molecule has 0 aliphatic heterocycles. The first-order valence-electron chi connectivity index (χ1n) is 2.55. The maximum absolute atomic E-state index is 9.85. The lowest BCUT2D eigenvalue weighted by Gasteiger charge is -2.00. The molecule has 58 valence electrons. The van der Waals surface area contributed by atoms with Crippen LogP contribution in [0.2, 0.25) is 0 Å². The van der Waals surface area contributed by atoms with Gasteiger partial charge in [0.2, 0.25) is 0 Å². The lowest BCUT2D eigenvalue weighted by atomic mass is 10.6. The van der Waals surface area contributed by atoms with Crippen molar-refractivity contribution in [2.24, 2.45) is 0 Å². The van der Waals surface area contributed by atoms with Crippen LogP contribution in [-0.2, 0) is 11.3 Å². The third kappa shape index (κ3) is 7.98. The fraction of sp³-hybridized carbons (Fsp3) is 0.600. The van der Waals surface area contributed by atoms with Crippen LogP contribution in [0.3, 0.4) is 0 Å². The molecule has 0 saturated carbocycles. The Morgan fingerprint density at radius 3 is 2.90 bits per heavy atom. The van der Waals surface area contributed by atoms with Crippen LogP contribution in [-0.4, -0.2) is 27.3 Å². The molecule has 1 unspecified atom stereocenters. The highest BCUT2D eigenvalue weighted by atomic mass is 32.2. The summed E-state index contributed by atoms with van der Waals surface area (Å²) < 4.78 is 21.8. The van der Waals surface area contributed by atoms with Gasteiger partial charge < -0.3 is 4.55 Å². The van der Waals surface area contributed by atoms with E-state index in [-0.39, 0.29) is 6.54 Å². The minimum Gasteiger partial charge on any atom is -0.760 e. The van der Waals surface area contributed by atoms with E-state index in [4.69, 9.17) is 0 Å². The average molecular weight is 178 g/mol. The molecule has 0 aromatic rings. The predicted molar refractivity (Wildman–Crippen MR) is 43.1 cm³/mol. The topological polar surface area (TPSA) is 52.2 Å². The molecule has 0 aromatic carbocycles. The quantitative estimate of drug-likeness (QED) is 0.478. The maximum Gasteiger partial charge on any atom is 0.0684 e. The van der Waals surface area contributed by atoms with Crippen LogP contribution in [0.5, 0.6) is 0 Å². The molecular weight excluding hydrogens is 170 g/mol. The van der Waals surface area contributed by atoms with Gasteiger partial charge in [0.05, 0.1) is 12.3 Å². The second-order valence-electron chi connectivity index (χ2n) is 1.34. The van der Waals surface area contributed by atoms with E-state index >= 15 is 0 Å². The van der Waals surface area contributed by atoms with Crippen molar-refractivity contribution in [2.45, 2.75) is 0 Å². The Bertz CT molecular complexity index is 161. The monoisotopic (exact) mass is 178 g/mol. The molecule has 1 N–H and O–H groups in total. The second kappa shape index (κ2) is 7.09. The number of nitrogens with one attached hydrogen (secondary N) is 1. The van der Waals surface area contributed by atoms with E-state index in [1.807, 2.05) is 6.26 Å². The second-order valence-corrected chi connectivity index (χ2v) is 2.97. The number of hydrogen-bond acceptors (Lipinski definition) is 3. The SMILES string of the molecule is CSCC#CCNS(=O)[O-]. The Labute approximate surface area is 67.4 Å². The molecule has 0 radical (unpaired) electrons. The minimum atomic E-state index is -2.18. The first kappa shape index (κ1) is 9.98. The van der Waals surface area contributed by atoms with E-state index in [0.717, 1.165) is 5.75 Å². The lowest BCUT2D eigenvalue weighted by molar-refractivity contribution is 0.527. The van der Waals surface area contributed by atoms with Crippen LogP contribution in [0.15, 0.2) is 0 Å². The molecule has 0 rings (SSSR count). The minimum absolute atomic E-state index is 0.205. The fourth-order valence-corrected chi connectivity index (χ4v) is 0.717. The third-order valence-electron chi connectivity index (χ3n) is 0.620. The summed E-state index contributed by atoms with van der Waals surface area (Å²) >= 11 is -0.575. The summed E-state index contributed by atoms with van der Waals surface area (Å²) in [5.74, 6) is 6.15. The summed E-state index contributed by atoms with van der Waals surface area (Å²) in [5.41, 5.74) is 0. The van der Waals surface area contributed by atoms with E-state index in [2.05, 4.69) is 16.6 Å². The van der Waals surface area contributed by atoms with E-state index in [0.29, 0.717) is 0 Å². The Morgan fingerprint density at radius 1 is 1.70 bits per heavy atom. The number of rotatable bonds is 3. The zero-order chi connectivity index (χ0) is 7.82. The highest BCUT2D eigenvalue weighted by Gasteiger charge is 1.75. The normalized spacial score (nSPS) is 11.8. The summed E-state index contributed by atoms with van der Waals surface area (Å²) in [6.07, 6.45) is 1.94. The zero-order valence-corrected chi connectivity index (χ0v) is 7.18. The van der Waals surface area contributed by atoms with Gasteiger partial charge in [0.1, 0.15) is 0 Å². The van der Waals surface area contributed by atoms with Crippen molar-refractivity contribution in [1.29, 1.82) is 0 Å². The molecule has 3 nitrogen and oxygen atoms in total. The van der Waals surface area contributed by atoms with Crippen molar-refractivity contribution in [3.05, 3.63) is 0 Å². The summed E-state index contributed by atoms with van der Waals surface area (Å²) in [6.45, 7) is 0.205. The number of thioether (sulfide) groups is 1. The summed E-state index contributed by atoms with van der Waals surface area (Å²) in [7, 11) is 0. The molecular formula is C5H8NO2S2-. The van der Waals surface area contributed by atoms with Crippen molar-refractivity contribution in [1.82, 2.24) is 4.72 Å². The van der Waals surface area contributed by atoms with E-state index < -0.39 is 11.3 Å². The molecule has 0 heterocycles. The van der Waals surface area contributed by atoms with Crippen LogP contribution >= 0.6 is 11.8 Å². The van der Waals surface area contributed by atoms with Crippen molar-refractivity contribution in [2.75, 3.05) is 18.6 Å². The van der Waals surface area contributed by atoms with E-state index in [1.165, 1.54) is 0 Å². The van der Waals surface area contributed by atoms with Crippen LogP contribution in [0.4, 0.5) is 0 Å². The van der Waals surface area contributed by atoms with Gasteiger partial charge in [-0.3, -0.25) is 4.21 Å². The maximum atomic E-state index is 9.85. The Hall–Kier alpha value is -0.0200. The smallest absolute Gasteiger partial charge is 0.0684 e. The van der Waals surface area contributed by atoms with Gasteiger partial charge in [0.25, 0.3) is 0 Å². The largest absolute Gasteiger partial charge is 0.760 e. The van der Waals surface area contributed by atoms with Crippen LogP contribution in [0.1, 0.15) is 0 Å².